The van der Waals surface area contributed by atoms with Gasteiger partial charge in [0.1, 0.15) is 11.5 Å². The van der Waals surface area contributed by atoms with E-state index in [9.17, 15) is 8.42 Å². The van der Waals surface area contributed by atoms with E-state index in [4.69, 9.17) is 13.9 Å². The summed E-state index contributed by atoms with van der Waals surface area (Å²) in [6.45, 7) is 3.54. The number of nitrogens with one attached hydrogen (secondary N) is 1. The summed E-state index contributed by atoms with van der Waals surface area (Å²) in [6.07, 6.45) is 1.57. The van der Waals surface area contributed by atoms with Crippen molar-refractivity contribution in [2.45, 2.75) is 25.3 Å². The minimum Gasteiger partial charge on any atom is -0.497 e. The lowest BCUT2D eigenvalue weighted by Gasteiger charge is -2.13. The summed E-state index contributed by atoms with van der Waals surface area (Å²) < 4.78 is 44.5. The zero-order valence-corrected chi connectivity index (χ0v) is 17.0. The fraction of sp³-hybridized carbons (Fsp3) is 0.250. The number of ether oxygens (including phenoxy) is 2. The van der Waals surface area contributed by atoms with E-state index >= 15 is 0 Å². The molecule has 0 saturated heterocycles. The molecule has 2 aromatic carbocycles. The van der Waals surface area contributed by atoms with E-state index in [-0.39, 0.29) is 11.4 Å². The van der Waals surface area contributed by atoms with Crippen LogP contribution in [0.15, 0.2) is 51.9 Å². The predicted octanol–water partition coefficient (Wildman–Crippen LogP) is 3.45. The second kappa shape index (κ2) is 8.04. The number of rotatable bonds is 7. The molecule has 3 aromatic rings. The van der Waals surface area contributed by atoms with Gasteiger partial charge in [-0.2, -0.15) is 0 Å². The van der Waals surface area contributed by atoms with E-state index in [1.807, 2.05) is 0 Å². The minimum absolute atomic E-state index is 0.0633. The Balaban J connectivity index is 1.89. The van der Waals surface area contributed by atoms with Crippen LogP contribution in [-0.2, 0) is 16.6 Å². The molecule has 0 fully saturated rings. The minimum atomic E-state index is -3.77. The van der Waals surface area contributed by atoms with Crippen molar-refractivity contribution in [3.8, 4) is 22.8 Å². The molecule has 0 aliphatic rings. The van der Waals surface area contributed by atoms with Crippen molar-refractivity contribution in [3.05, 3.63) is 59.6 Å². The number of oxazole rings is 1. The van der Waals surface area contributed by atoms with Gasteiger partial charge in [-0.3, -0.25) is 0 Å². The lowest BCUT2D eigenvalue weighted by Crippen LogP contribution is -2.24. The van der Waals surface area contributed by atoms with Gasteiger partial charge in [0.15, 0.2) is 11.7 Å². The molecule has 1 heterocycles. The van der Waals surface area contributed by atoms with Crippen molar-refractivity contribution in [2.24, 2.45) is 0 Å². The number of nitrogens with zero attached hydrogens (tertiary/aromatic N) is 1. The predicted molar refractivity (Wildman–Crippen MR) is 105 cm³/mol. The third-order valence-corrected chi connectivity index (χ3v) is 5.87. The second-order valence-electron chi connectivity index (χ2n) is 6.23. The van der Waals surface area contributed by atoms with Crippen molar-refractivity contribution in [1.82, 2.24) is 9.71 Å². The van der Waals surface area contributed by atoms with Gasteiger partial charge in [0.25, 0.3) is 0 Å². The highest BCUT2D eigenvalue weighted by atomic mass is 32.2. The van der Waals surface area contributed by atoms with Gasteiger partial charge < -0.3 is 13.9 Å². The Labute approximate surface area is 164 Å². The average Bonchev–Trinajstić information content (AvgIpc) is 3.12. The fourth-order valence-electron chi connectivity index (χ4n) is 2.81. The SMILES string of the molecule is COc1ccc(OC)c(CNS(=O)(=O)c2cc(-c3cnc(C)o3)ccc2C)c1. The van der Waals surface area contributed by atoms with Crippen LogP contribution in [0, 0.1) is 13.8 Å². The molecule has 0 spiro atoms. The van der Waals surface area contributed by atoms with Crippen LogP contribution in [-0.4, -0.2) is 27.6 Å². The molecular formula is C20H22N2O5S. The van der Waals surface area contributed by atoms with E-state index in [2.05, 4.69) is 9.71 Å². The molecule has 0 bridgehead atoms. The quantitative estimate of drug-likeness (QED) is 0.651. The van der Waals surface area contributed by atoms with Gasteiger partial charge in [-0.1, -0.05) is 12.1 Å². The lowest BCUT2D eigenvalue weighted by molar-refractivity contribution is 0.398. The number of hydrogen-bond donors (Lipinski definition) is 1. The number of aromatic nitrogens is 1. The van der Waals surface area contributed by atoms with Gasteiger partial charge in [-0.25, -0.2) is 18.1 Å². The maximum atomic E-state index is 12.9. The summed E-state index contributed by atoms with van der Waals surface area (Å²) in [4.78, 5) is 4.24. The van der Waals surface area contributed by atoms with Crippen molar-refractivity contribution < 1.29 is 22.3 Å². The Morgan fingerprint density at radius 1 is 1.07 bits per heavy atom. The largest absolute Gasteiger partial charge is 0.497 e. The Morgan fingerprint density at radius 3 is 2.50 bits per heavy atom. The first kappa shape index (κ1) is 19.9. The van der Waals surface area contributed by atoms with Gasteiger partial charge in [-0.05, 0) is 36.8 Å². The first-order valence-corrected chi connectivity index (χ1v) is 10.1. The maximum Gasteiger partial charge on any atom is 0.241 e. The summed E-state index contributed by atoms with van der Waals surface area (Å²) in [5, 5.41) is 0. The molecule has 0 atom stereocenters. The van der Waals surface area contributed by atoms with Crippen LogP contribution in [0.5, 0.6) is 11.5 Å². The van der Waals surface area contributed by atoms with Gasteiger partial charge in [0, 0.05) is 24.6 Å². The second-order valence-corrected chi connectivity index (χ2v) is 7.96. The monoisotopic (exact) mass is 402 g/mol. The zero-order chi connectivity index (χ0) is 20.3. The fourth-order valence-corrected chi connectivity index (χ4v) is 4.08. The molecule has 0 amide bonds. The van der Waals surface area contributed by atoms with Gasteiger partial charge in [-0.15, -0.1) is 0 Å². The molecule has 0 aliphatic carbocycles. The molecule has 0 unspecified atom stereocenters. The molecule has 148 valence electrons. The first-order chi connectivity index (χ1) is 13.3. The van der Waals surface area contributed by atoms with E-state index in [1.165, 1.54) is 7.11 Å². The lowest BCUT2D eigenvalue weighted by atomic mass is 10.1. The molecule has 1 aromatic heterocycles. The smallest absolute Gasteiger partial charge is 0.241 e. The summed E-state index contributed by atoms with van der Waals surface area (Å²) in [7, 11) is -0.680. The van der Waals surface area contributed by atoms with Crippen molar-refractivity contribution >= 4 is 10.0 Å². The Hall–Kier alpha value is -2.84. The number of sulfonamides is 1. The highest BCUT2D eigenvalue weighted by molar-refractivity contribution is 7.89. The molecular weight excluding hydrogens is 380 g/mol. The average molecular weight is 402 g/mol. The van der Waals surface area contributed by atoms with Crippen LogP contribution in [0.25, 0.3) is 11.3 Å². The molecule has 0 saturated carbocycles. The van der Waals surface area contributed by atoms with Crippen LogP contribution in [0.1, 0.15) is 17.0 Å². The van der Waals surface area contributed by atoms with E-state index in [0.29, 0.717) is 39.8 Å². The third-order valence-electron chi connectivity index (χ3n) is 4.32. The normalized spacial score (nSPS) is 11.4. The molecule has 28 heavy (non-hydrogen) atoms. The molecule has 7 nitrogen and oxygen atoms in total. The Kier molecular flexibility index (Phi) is 5.71. The Bertz CT molecular complexity index is 1090. The highest BCUT2D eigenvalue weighted by Crippen LogP contribution is 2.27. The van der Waals surface area contributed by atoms with E-state index in [1.54, 1.807) is 63.6 Å². The molecule has 8 heteroatoms. The first-order valence-electron chi connectivity index (χ1n) is 8.58. The summed E-state index contributed by atoms with van der Waals surface area (Å²) in [5.74, 6) is 2.23. The number of methoxy groups -OCH3 is 2. The van der Waals surface area contributed by atoms with Crippen LogP contribution in [0.2, 0.25) is 0 Å². The van der Waals surface area contributed by atoms with Crippen LogP contribution < -0.4 is 14.2 Å². The highest BCUT2D eigenvalue weighted by Gasteiger charge is 2.19. The standard InChI is InChI=1S/C20H22N2O5S/c1-13-5-6-15(19-12-21-14(2)27-19)10-20(13)28(23,24)22-11-16-9-17(25-3)7-8-18(16)26-4/h5-10,12,22H,11H2,1-4H3. The van der Waals surface area contributed by atoms with Crippen molar-refractivity contribution in [3.63, 3.8) is 0 Å². The number of hydrogen-bond acceptors (Lipinski definition) is 6. The summed E-state index contributed by atoms with van der Waals surface area (Å²) in [6, 6.07) is 10.4. The van der Waals surface area contributed by atoms with Gasteiger partial charge in [0.2, 0.25) is 10.0 Å². The summed E-state index contributed by atoms with van der Waals surface area (Å²) >= 11 is 0. The molecule has 1 N–H and O–H groups in total. The number of benzene rings is 2. The molecule has 0 radical (unpaired) electrons. The van der Waals surface area contributed by atoms with Crippen LogP contribution in [0.3, 0.4) is 0 Å². The van der Waals surface area contributed by atoms with E-state index in [0.717, 1.165) is 0 Å². The summed E-state index contributed by atoms with van der Waals surface area (Å²) in [5.41, 5.74) is 1.95. The van der Waals surface area contributed by atoms with Gasteiger partial charge in [0.05, 0.1) is 25.3 Å². The van der Waals surface area contributed by atoms with E-state index < -0.39 is 10.0 Å². The maximum absolute atomic E-state index is 12.9. The third kappa shape index (κ3) is 4.18. The topological polar surface area (TPSA) is 90.7 Å². The Morgan fingerprint density at radius 2 is 1.86 bits per heavy atom. The van der Waals surface area contributed by atoms with Crippen LogP contribution in [0.4, 0.5) is 0 Å². The number of aryl methyl sites for hydroxylation is 2. The van der Waals surface area contributed by atoms with Gasteiger partial charge >= 0.3 is 0 Å². The van der Waals surface area contributed by atoms with Crippen molar-refractivity contribution in [2.75, 3.05) is 14.2 Å². The van der Waals surface area contributed by atoms with Crippen molar-refractivity contribution in [1.29, 1.82) is 0 Å². The zero-order valence-electron chi connectivity index (χ0n) is 16.1. The van der Waals surface area contributed by atoms with Crippen LogP contribution >= 0.6 is 0 Å². The molecule has 0 aliphatic heterocycles. The molecule has 3 rings (SSSR count).